The van der Waals surface area contributed by atoms with E-state index in [0.717, 1.165) is 31.4 Å². The number of hydrogen-bond acceptors (Lipinski definition) is 3. The molecule has 2 aromatic rings. The third-order valence-corrected chi connectivity index (χ3v) is 5.85. The van der Waals surface area contributed by atoms with E-state index < -0.39 is 0 Å². The summed E-state index contributed by atoms with van der Waals surface area (Å²) in [5.41, 5.74) is 2.66. The number of carbonyl (C=O) groups excluding carboxylic acids is 1. The van der Waals surface area contributed by atoms with Crippen LogP contribution in [-0.4, -0.2) is 33.2 Å². The molecule has 1 aliphatic heterocycles. The van der Waals surface area contributed by atoms with E-state index in [0.29, 0.717) is 17.1 Å². The number of fused-ring (bicyclic) bond motifs is 1. The molecule has 0 atom stereocenters. The van der Waals surface area contributed by atoms with Gasteiger partial charge in [-0.1, -0.05) is 43.0 Å². The van der Waals surface area contributed by atoms with Gasteiger partial charge in [0.05, 0.1) is 35.1 Å². The molecular weight excluding hydrogens is 348 g/mol. The predicted octanol–water partition coefficient (Wildman–Crippen LogP) is 3.61. The van der Waals surface area contributed by atoms with Crippen molar-refractivity contribution in [1.82, 2.24) is 20.0 Å². The summed E-state index contributed by atoms with van der Waals surface area (Å²) >= 11 is 6.09. The van der Waals surface area contributed by atoms with Crippen LogP contribution >= 0.6 is 11.6 Å². The minimum atomic E-state index is -0.162. The Balaban J connectivity index is 1.37. The van der Waals surface area contributed by atoms with E-state index in [4.69, 9.17) is 11.6 Å². The van der Waals surface area contributed by atoms with Gasteiger partial charge in [0.25, 0.3) is 5.91 Å². The highest BCUT2D eigenvalue weighted by atomic mass is 35.5. The molecule has 1 amide bonds. The number of halogens is 1. The second-order valence-corrected chi connectivity index (χ2v) is 7.68. The highest BCUT2D eigenvalue weighted by Gasteiger charge is 2.26. The molecule has 0 saturated heterocycles. The molecule has 1 saturated carbocycles. The number of nitrogens with zero attached hydrogens (tertiary/aromatic N) is 3. The van der Waals surface area contributed by atoms with Crippen LogP contribution < -0.4 is 5.32 Å². The van der Waals surface area contributed by atoms with Crippen LogP contribution in [0.2, 0.25) is 5.02 Å². The highest BCUT2D eigenvalue weighted by molar-refractivity contribution is 6.33. The van der Waals surface area contributed by atoms with Gasteiger partial charge < -0.3 is 5.32 Å². The molecule has 138 valence electrons. The lowest BCUT2D eigenvalue weighted by molar-refractivity contribution is 0.0950. The first-order valence-electron chi connectivity index (χ1n) is 9.53. The quantitative estimate of drug-likeness (QED) is 0.891. The van der Waals surface area contributed by atoms with Gasteiger partial charge in [-0.05, 0) is 31.0 Å². The Bertz CT molecular complexity index is 782. The number of nitrogens with one attached hydrogen (secondary N) is 1. The van der Waals surface area contributed by atoms with Crippen molar-refractivity contribution in [2.45, 2.75) is 57.8 Å². The third kappa shape index (κ3) is 3.79. The molecule has 0 spiro atoms. The number of benzene rings is 1. The van der Waals surface area contributed by atoms with Crippen LogP contribution in [0.3, 0.4) is 0 Å². The summed E-state index contributed by atoms with van der Waals surface area (Å²) < 4.78 is 2.09. The lowest BCUT2D eigenvalue weighted by atomic mass is 9.94. The first kappa shape index (κ1) is 17.6. The third-order valence-electron chi connectivity index (χ3n) is 5.52. The van der Waals surface area contributed by atoms with Gasteiger partial charge in [-0.25, -0.2) is 0 Å². The lowest BCUT2D eigenvalue weighted by Crippen LogP contribution is -2.42. The summed E-state index contributed by atoms with van der Waals surface area (Å²) in [6.07, 6.45) is 6.76. The molecule has 1 aliphatic carbocycles. The van der Waals surface area contributed by atoms with Gasteiger partial charge in [-0.3, -0.25) is 14.4 Å². The maximum atomic E-state index is 12.3. The smallest absolute Gasteiger partial charge is 0.253 e. The molecule has 5 nitrogen and oxygen atoms in total. The number of carbonyl (C=O) groups is 1. The van der Waals surface area contributed by atoms with Crippen LogP contribution in [0.5, 0.6) is 0 Å². The SMILES string of the molecule is O=C(NCc1cc2n(n1)CCN(C1CCCCC1)C2)c1ccccc1Cl. The van der Waals surface area contributed by atoms with Crippen molar-refractivity contribution >= 4 is 17.5 Å². The molecule has 2 aliphatic rings. The van der Waals surface area contributed by atoms with Crippen molar-refractivity contribution in [2.24, 2.45) is 0 Å². The van der Waals surface area contributed by atoms with Crippen LogP contribution in [0, 0.1) is 0 Å². The van der Waals surface area contributed by atoms with Crippen molar-refractivity contribution in [3.63, 3.8) is 0 Å². The van der Waals surface area contributed by atoms with Gasteiger partial charge in [-0.2, -0.15) is 5.10 Å². The van der Waals surface area contributed by atoms with Crippen LogP contribution in [0.15, 0.2) is 30.3 Å². The van der Waals surface area contributed by atoms with E-state index >= 15 is 0 Å². The zero-order valence-electron chi connectivity index (χ0n) is 15.0. The first-order chi connectivity index (χ1) is 12.7. The molecule has 0 bridgehead atoms. The number of amides is 1. The Morgan fingerprint density at radius 1 is 1.19 bits per heavy atom. The van der Waals surface area contributed by atoms with E-state index in [-0.39, 0.29) is 5.91 Å². The summed E-state index contributed by atoms with van der Waals surface area (Å²) in [6, 6.07) is 9.96. The monoisotopic (exact) mass is 372 g/mol. The molecule has 1 fully saturated rings. The van der Waals surface area contributed by atoms with Crippen LogP contribution in [0.1, 0.15) is 53.8 Å². The van der Waals surface area contributed by atoms with Crippen molar-refractivity contribution in [3.8, 4) is 0 Å². The maximum absolute atomic E-state index is 12.3. The zero-order valence-corrected chi connectivity index (χ0v) is 15.7. The lowest BCUT2D eigenvalue weighted by Gasteiger charge is -2.36. The molecule has 0 radical (unpaired) electrons. The van der Waals surface area contributed by atoms with E-state index in [1.807, 2.05) is 12.1 Å². The average molecular weight is 373 g/mol. The van der Waals surface area contributed by atoms with Crippen molar-refractivity contribution in [3.05, 3.63) is 52.3 Å². The number of aromatic nitrogens is 2. The fourth-order valence-electron chi connectivity index (χ4n) is 4.10. The molecule has 26 heavy (non-hydrogen) atoms. The molecule has 1 N–H and O–H groups in total. The van der Waals surface area contributed by atoms with E-state index in [9.17, 15) is 4.79 Å². The summed E-state index contributed by atoms with van der Waals surface area (Å²) in [5, 5.41) is 8.06. The summed E-state index contributed by atoms with van der Waals surface area (Å²) in [7, 11) is 0. The maximum Gasteiger partial charge on any atom is 0.253 e. The fourth-order valence-corrected chi connectivity index (χ4v) is 4.32. The fraction of sp³-hybridized carbons (Fsp3) is 0.500. The normalized spacial score (nSPS) is 18.5. The molecular formula is C20H25ClN4O. The van der Waals surface area contributed by atoms with Gasteiger partial charge in [0.15, 0.2) is 0 Å². The summed E-state index contributed by atoms with van der Waals surface area (Å²) in [4.78, 5) is 14.9. The Labute approximate surface area is 159 Å². The van der Waals surface area contributed by atoms with Crippen molar-refractivity contribution < 1.29 is 4.79 Å². The Morgan fingerprint density at radius 3 is 2.81 bits per heavy atom. The largest absolute Gasteiger partial charge is 0.346 e. The average Bonchev–Trinajstić information content (AvgIpc) is 3.09. The topological polar surface area (TPSA) is 50.2 Å². The Kier molecular flexibility index (Phi) is 5.27. The highest BCUT2D eigenvalue weighted by Crippen LogP contribution is 2.26. The summed E-state index contributed by atoms with van der Waals surface area (Å²) in [6.45, 7) is 3.40. The van der Waals surface area contributed by atoms with Crippen LogP contribution in [-0.2, 0) is 19.6 Å². The van der Waals surface area contributed by atoms with Gasteiger partial charge in [0.2, 0.25) is 0 Å². The van der Waals surface area contributed by atoms with E-state index in [1.165, 1.54) is 37.8 Å². The minimum absolute atomic E-state index is 0.162. The second kappa shape index (κ2) is 7.80. The zero-order chi connectivity index (χ0) is 17.9. The number of hydrogen-bond donors (Lipinski definition) is 1. The standard InChI is InChI=1S/C20H25ClN4O/c21-19-9-5-4-8-18(19)20(26)22-13-15-12-17-14-24(10-11-25(17)23-15)16-6-2-1-3-7-16/h4-5,8-9,12,16H,1-3,6-7,10-11,13-14H2,(H,22,26). The Morgan fingerprint density at radius 2 is 2.00 bits per heavy atom. The van der Waals surface area contributed by atoms with Gasteiger partial charge in [0.1, 0.15) is 0 Å². The van der Waals surface area contributed by atoms with Gasteiger partial charge in [0, 0.05) is 19.1 Å². The molecule has 1 aromatic heterocycles. The predicted molar refractivity (Wildman–Crippen MR) is 102 cm³/mol. The summed E-state index contributed by atoms with van der Waals surface area (Å²) in [5.74, 6) is -0.162. The number of rotatable bonds is 4. The minimum Gasteiger partial charge on any atom is -0.346 e. The molecule has 6 heteroatoms. The molecule has 0 unspecified atom stereocenters. The molecule has 2 heterocycles. The van der Waals surface area contributed by atoms with Gasteiger partial charge in [-0.15, -0.1) is 0 Å². The second-order valence-electron chi connectivity index (χ2n) is 7.27. The van der Waals surface area contributed by atoms with Crippen LogP contribution in [0.25, 0.3) is 0 Å². The van der Waals surface area contributed by atoms with Crippen molar-refractivity contribution in [1.29, 1.82) is 0 Å². The van der Waals surface area contributed by atoms with E-state index in [2.05, 4.69) is 26.1 Å². The van der Waals surface area contributed by atoms with Gasteiger partial charge >= 0.3 is 0 Å². The van der Waals surface area contributed by atoms with Crippen molar-refractivity contribution in [2.75, 3.05) is 6.54 Å². The van der Waals surface area contributed by atoms with Crippen LogP contribution in [0.4, 0.5) is 0 Å². The molecule has 4 rings (SSSR count). The Hall–Kier alpha value is -1.85. The van der Waals surface area contributed by atoms with E-state index in [1.54, 1.807) is 12.1 Å². The molecule has 1 aromatic carbocycles. The first-order valence-corrected chi connectivity index (χ1v) is 9.91.